The number of hydrogen-bond donors (Lipinski definition) is 2. The Bertz CT molecular complexity index is 1060. The van der Waals surface area contributed by atoms with Crippen molar-refractivity contribution in [2.24, 2.45) is 0 Å². The van der Waals surface area contributed by atoms with Crippen molar-refractivity contribution in [3.05, 3.63) is 69.4 Å². The van der Waals surface area contributed by atoms with Crippen LogP contribution in [0.5, 0.6) is 0 Å². The largest absolute Gasteiger partial charge is 0.345 e. The molecule has 1 atom stereocenters. The Morgan fingerprint density at radius 1 is 1.28 bits per heavy atom. The summed E-state index contributed by atoms with van der Waals surface area (Å²) in [6.45, 7) is 0. The molecular formula is C17H13N3O4S. The predicted molar refractivity (Wildman–Crippen MR) is 91.4 cm³/mol. The van der Waals surface area contributed by atoms with E-state index in [1.807, 2.05) is 6.07 Å². The van der Waals surface area contributed by atoms with Crippen LogP contribution in [0.4, 0.5) is 0 Å². The van der Waals surface area contributed by atoms with Crippen LogP contribution in [-0.2, 0) is 9.84 Å². The van der Waals surface area contributed by atoms with Gasteiger partial charge in [-0.15, -0.1) is 0 Å². The van der Waals surface area contributed by atoms with Gasteiger partial charge in [0.15, 0.2) is 9.84 Å². The van der Waals surface area contributed by atoms with Crippen molar-refractivity contribution in [2.45, 2.75) is 6.04 Å². The second-order valence-electron chi connectivity index (χ2n) is 5.52. The fourth-order valence-electron chi connectivity index (χ4n) is 2.53. The molecular weight excluding hydrogens is 342 g/mol. The van der Waals surface area contributed by atoms with Crippen molar-refractivity contribution in [3.8, 4) is 17.3 Å². The number of hydrogen-bond acceptors (Lipinski definition) is 5. The van der Waals surface area contributed by atoms with E-state index >= 15 is 0 Å². The number of pyridine rings is 1. The molecule has 0 bridgehead atoms. The highest BCUT2D eigenvalue weighted by atomic mass is 32.2. The minimum absolute atomic E-state index is 0.144. The molecule has 0 aliphatic carbocycles. The zero-order chi connectivity index (χ0) is 18.0. The van der Waals surface area contributed by atoms with E-state index in [0.29, 0.717) is 11.3 Å². The molecule has 2 N–H and O–H groups in total. The molecule has 0 saturated carbocycles. The highest BCUT2D eigenvalue weighted by molar-refractivity contribution is 7.94. The summed E-state index contributed by atoms with van der Waals surface area (Å²) in [5, 5.41) is 12.8. The summed E-state index contributed by atoms with van der Waals surface area (Å²) < 4.78 is 22.8. The van der Waals surface area contributed by atoms with Gasteiger partial charge in [0.2, 0.25) is 0 Å². The summed E-state index contributed by atoms with van der Waals surface area (Å²) in [6.07, 6.45) is 1.35. The molecule has 1 amide bonds. The lowest BCUT2D eigenvalue weighted by atomic mass is 10.0. The van der Waals surface area contributed by atoms with E-state index in [-0.39, 0.29) is 16.9 Å². The molecule has 3 rings (SSSR count). The predicted octanol–water partition coefficient (Wildman–Crippen LogP) is 0.954. The number of nitrogens with zero attached hydrogens (tertiary/aromatic N) is 1. The number of aromatic amines is 1. The lowest BCUT2D eigenvalue weighted by molar-refractivity contribution is 0.0946. The average Bonchev–Trinajstić information content (AvgIpc) is 2.93. The maximum atomic E-state index is 12.3. The molecule has 2 heterocycles. The highest BCUT2D eigenvalue weighted by Gasteiger charge is 2.25. The molecule has 0 radical (unpaired) electrons. The van der Waals surface area contributed by atoms with Crippen LogP contribution < -0.4 is 10.9 Å². The monoisotopic (exact) mass is 355 g/mol. The van der Waals surface area contributed by atoms with Gasteiger partial charge in [-0.2, -0.15) is 5.26 Å². The summed E-state index contributed by atoms with van der Waals surface area (Å²) in [5.74, 6) is -0.978. The number of carbonyl (C=O) groups is 1. The third-order valence-corrected chi connectivity index (χ3v) is 5.11. The molecule has 126 valence electrons. The molecule has 0 unspecified atom stereocenters. The SMILES string of the molecule is N#Cc1cc(C(=O)N[C@@H]2C=CS(=O)(=O)C2)c(=O)[nH]c1-c1ccccc1. The molecule has 7 nitrogen and oxygen atoms in total. The van der Waals surface area contributed by atoms with Crippen molar-refractivity contribution in [1.29, 1.82) is 5.26 Å². The van der Waals surface area contributed by atoms with Crippen LogP contribution >= 0.6 is 0 Å². The summed E-state index contributed by atoms with van der Waals surface area (Å²) in [4.78, 5) is 27.1. The van der Waals surface area contributed by atoms with E-state index in [1.165, 1.54) is 12.1 Å². The summed E-state index contributed by atoms with van der Waals surface area (Å²) >= 11 is 0. The number of H-pyrrole nitrogens is 1. The number of rotatable bonds is 3. The van der Waals surface area contributed by atoms with Crippen LogP contribution in [0.15, 0.2) is 52.7 Å². The minimum atomic E-state index is -3.32. The van der Waals surface area contributed by atoms with Gasteiger partial charge in [0, 0.05) is 5.41 Å². The molecule has 1 aromatic carbocycles. The molecule has 2 aromatic rings. The van der Waals surface area contributed by atoms with E-state index in [9.17, 15) is 23.3 Å². The van der Waals surface area contributed by atoms with Crippen molar-refractivity contribution >= 4 is 15.7 Å². The Balaban J connectivity index is 1.93. The standard InChI is InChI=1S/C17H13N3O4S/c18-9-12-8-14(16(21)19-13-6-7-25(23,24)10-13)17(22)20-15(12)11-4-2-1-3-5-11/h1-8,13H,10H2,(H,19,21)(H,20,22)/t13-/m1/s1. The van der Waals surface area contributed by atoms with Crippen LogP contribution in [0.2, 0.25) is 0 Å². The van der Waals surface area contributed by atoms with Crippen molar-refractivity contribution < 1.29 is 13.2 Å². The van der Waals surface area contributed by atoms with Gasteiger partial charge in [-0.3, -0.25) is 9.59 Å². The second kappa shape index (κ2) is 6.37. The molecule has 1 aliphatic rings. The normalized spacial score (nSPS) is 17.8. The van der Waals surface area contributed by atoms with E-state index in [0.717, 1.165) is 5.41 Å². The van der Waals surface area contributed by atoms with Crippen LogP contribution in [0, 0.1) is 11.3 Å². The number of aromatic nitrogens is 1. The second-order valence-corrected chi connectivity index (χ2v) is 7.45. The zero-order valence-corrected chi connectivity index (χ0v) is 13.7. The van der Waals surface area contributed by atoms with Crippen LogP contribution in [0.3, 0.4) is 0 Å². The van der Waals surface area contributed by atoms with Crippen LogP contribution in [0.1, 0.15) is 15.9 Å². The molecule has 1 aromatic heterocycles. The third kappa shape index (κ3) is 3.51. The van der Waals surface area contributed by atoms with Gasteiger partial charge in [-0.05, 0) is 17.7 Å². The average molecular weight is 355 g/mol. The van der Waals surface area contributed by atoms with E-state index < -0.39 is 27.3 Å². The van der Waals surface area contributed by atoms with E-state index in [4.69, 9.17) is 0 Å². The Kier molecular flexibility index (Phi) is 4.25. The van der Waals surface area contributed by atoms with E-state index in [2.05, 4.69) is 10.3 Å². The highest BCUT2D eigenvalue weighted by Crippen LogP contribution is 2.20. The number of carbonyl (C=O) groups excluding carboxylic acids is 1. The van der Waals surface area contributed by atoms with Crippen LogP contribution in [-0.4, -0.2) is 31.1 Å². The van der Waals surface area contributed by atoms with Gasteiger partial charge in [-0.25, -0.2) is 8.42 Å². The van der Waals surface area contributed by atoms with Crippen LogP contribution in [0.25, 0.3) is 11.3 Å². The molecule has 0 fully saturated rings. The zero-order valence-electron chi connectivity index (χ0n) is 12.9. The Morgan fingerprint density at radius 2 is 2.00 bits per heavy atom. The lowest BCUT2D eigenvalue weighted by Crippen LogP contribution is -2.38. The Morgan fingerprint density at radius 3 is 2.60 bits per heavy atom. The fourth-order valence-corrected chi connectivity index (χ4v) is 3.77. The smallest absolute Gasteiger partial charge is 0.261 e. The molecule has 0 spiro atoms. The van der Waals surface area contributed by atoms with Gasteiger partial charge in [-0.1, -0.05) is 30.3 Å². The number of benzene rings is 1. The number of nitriles is 1. The molecule has 25 heavy (non-hydrogen) atoms. The van der Waals surface area contributed by atoms with Crippen molar-refractivity contribution in [2.75, 3.05) is 5.75 Å². The van der Waals surface area contributed by atoms with Gasteiger partial charge < -0.3 is 10.3 Å². The maximum Gasteiger partial charge on any atom is 0.261 e. The number of nitrogens with one attached hydrogen (secondary N) is 2. The van der Waals surface area contributed by atoms with Crippen molar-refractivity contribution in [3.63, 3.8) is 0 Å². The molecule has 8 heteroatoms. The first-order chi connectivity index (χ1) is 11.9. The number of amides is 1. The van der Waals surface area contributed by atoms with E-state index in [1.54, 1.807) is 30.3 Å². The Labute approximate surface area is 143 Å². The lowest BCUT2D eigenvalue weighted by Gasteiger charge is -2.11. The van der Waals surface area contributed by atoms with Gasteiger partial charge in [0.1, 0.15) is 11.6 Å². The minimum Gasteiger partial charge on any atom is -0.345 e. The first kappa shape index (κ1) is 16.7. The Hall–Kier alpha value is -3.18. The summed E-state index contributed by atoms with van der Waals surface area (Å²) in [7, 11) is -3.32. The molecule has 1 aliphatic heterocycles. The summed E-state index contributed by atoms with van der Waals surface area (Å²) in [5.41, 5.74) is 0.223. The quantitative estimate of drug-likeness (QED) is 0.849. The van der Waals surface area contributed by atoms with Gasteiger partial charge in [0.25, 0.3) is 11.5 Å². The first-order valence-corrected chi connectivity index (χ1v) is 9.06. The summed E-state index contributed by atoms with van der Waals surface area (Å²) in [6, 6.07) is 11.3. The van der Waals surface area contributed by atoms with Crippen molar-refractivity contribution in [1.82, 2.24) is 10.3 Å². The number of sulfone groups is 1. The topological polar surface area (TPSA) is 120 Å². The maximum absolute atomic E-state index is 12.3. The molecule has 0 saturated heterocycles. The van der Waals surface area contributed by atoms with Gasteiger partial charge in [0.05, 0.1) is 23.1 Å². The fraction of sp³-hybridized carbons (Fsp3) is 0.118. The van der Waals surface area contributed by atoms with Gasteiger partial charge >= 0.3 is 0 Å². The first-order valence-electron chi connectivity index (χ1n) is 7.34. The third-order valence-electron chi connectivity index (χ3n) is 3.72.